The van der Waals surface area contributed by atoms with Crippen LogP contribution in [0, 0.1) is 11.8 Å². The van der Waals surface area contributed by atoms with Gasteiger partial charge in [-0.3, -0.25) is 19.2 Å². The molecule has 0 aromatic heterocycles. The number of nitrogens with zero attached hydrogens (tertiary/aromatic N) is 1. The zero-order valence-electron chi connectivity index (χ0n) is 44.4. The third-order valence-corrected chi connectivity index (χ3v) is 12.5. The molecule has 0 N–H and O–H groups in total. The van der Waals surface area contributed by atoms with E-state index in [2.05, 4.69) is 27.7 Å². The van der Waals surface area contributed by atoms with Crippen LogP contribution in [0.3, 0.4) is 0 Å². The molecule has 0 aliphatic heterocycles. The average molecular weight is 956 g/mol. The van der Waals surface area contributed by atoms with Crippen molar-refractivity contribution in [2.24, 2.45) is 11.8 Å². The highest BCUT2D eigenvalue weighted by Crippen LogP contribution is 2.22. The Morgan fingerprint density at radius 3 is 1.27 bits per heavy atom. The summed E-state index contributed by atoms with van der Waals surface area (Å²) in [5.74, 6) is -0.850. The molecule has 0 heterocycles. The van der Waals surface area contributed by atoms with Crippen LogP contribution in [-0.2, 0) is 52.3 Å². The van der Waals surface area contributed by atoms with E-state index in [-0.39, 0.29) is 55.2 Å². The number of esters is 4. The maximum Gasteiger partial charge on any atom is 0.308 e. The number of methoxy groups -OCH3 is 1. The standard InChI is InChI=1S/C55H105NO11/c1-7-11-15-19-21-27-35-49(33-25-17-13-9-3)54(59)64-40-31-23-29-37-52(57)66-48-51(47-56(5)39-42-62-45-46-63-44-43-61-6)67-53(58)38-30-24-32-41-65-55(60)50(34-26-18-14-10-4)36-28-22-20-16-12-8-2/h49-51H,7-48H2,1-6H3. The van der Waals surface area contributed by atoms with Crippen LogP contribution in [-0.4, -0.2) is 115 Å². The Morgan fingerprint density at radius 2 is 0.806 bits per heavy atom. The van der Waals surface area contributed by atoms with Gasteiger partial charge in [0.2, 0.25) is 0 Å². The van der Waals surface area contributed by atoms with Crippen molar-refractivity contribution in [3.8, 4) is 0 Å². The van der Waals surface area contributed by atoms with Gasteiger partial charge in [-0.1, -0.05) is 156 Å². The predicted molar refractivity (Wildman–Crippen MR) is 271 cm³/mol. The number of ether oxygens (including phenoxy) is 7. The van der Waals surface area contributed by atoms with Crippen molar-refractivity contribution in [3.63, 3.8) is 0 Å². The fraction of sp³-hybridized carbons (Fsp3) is 0.927. The van der Waals surface area contributed by atoms with E-state index in [1.807, 2.05) is 11.9 Å². The smallest absolute Gasteiger partial charge is 0.308 e. The zero-order chi connectivity index (χ0) is 49.3. The van der Waals surface area contributed by atoms with Crippen LogP contribution in [0.5, 0.6) is 0 Å². The number of unbranched alkanes of at least 4 members (excludes halogenated alkanes) is 20. The second kappa shape index (κ2) is 50.1. The SMILES string of the molecule is CCCCCCCCC(CCCCCC)C(=O)OCCCCCC(=O)OCC(CN(C)CCOCCOCCOC)OC(=O)CCCCCOC(=O)C(CCCCCC)CCCCCCCC. The van der Waals surface area contributed by atoms with Gasteiger partial charge in [-0.2, -0.15) is 0 Å². The Hall–Kier alpha value is -2.28. The van der Waals surface area contributed by atoms with E-state index < -0.39 is 6.10 Å². The number of likely N-dealkylation sites (N-methyl/N-ethyl adjacent to an activating group) is 1. The quantitative estimate of drug-likeness (QED) is 0.0326. The number of carbonyl (C=O) groups is 4. The van der Waals surface area contributed by atoms with Gasteiger partial charge < -0.3 is 38.1 Å². The van der Waals surface area contributed by atoms with Gasteiger partial charge in [-0.05, 0) is 71.3 Å². The van der Waals surface area contributed by atoms with Gasteiger partial charge in [0.25, 0.3) is 0 Å². The summed E-state index contributed by atoms with van der Waals surface area (Å²) in [7, 11) is 3.55. The molecule has 0 saturated carbocycles. The zero-order valence-corrected chi connectivity index (χ0v) is 44.4. The maximum absolute atomic E-state index is 13.0. The fourth-order valence-electron chi connectivity index (χ4n) is 8.17. The third kappa shape index (κ3) is 43.5. The van der Waals surface area contributed by atoms with Gasteiger partial charge in [-0.15, -0.1) is 0 Å². The molecule has 12 nitrogen and oxygen atoms in total. The Kier molecular flexibility index (Phi) is 48.4. The summed E-state index contributed by atoms with van der Waals surface area (Å²) in [6, 6.07) is 0. The van der Waals surface area contributed by atoms with E-state index in [1.54, 1.807) is 7.11 Å². The summed E-state index contributed by atoms with van der Waals surface area (Å²) in [6.45, 7) is 13.0. The van der Waals surface area contributed by atoms with E-state index in [0.717, 1.165) is 77.0 Å². The minimum Gasteiger partial charge on any atom is -0.465 e. The maximum atomic E-state index is 13.0. The molecule has 12 heteroatoms. The molecule has 0 radical (unpaired) electrons. The Morgan fingerprint density at radius 1 is 0.418 bits per heavy atom. The average Bonchev–Trinajstić information content (AvgIpc) is 3.32. The molecule has 0 aromatic carbocycles. The molecule has 0 aliphatic carbocycles. The van der Waals surface area contributed by atoms with Gasteiger partial charge in [0.1, 0.15) is 12.7 Å². The monoisotopic (exact) mass is 956 g/mol. The molecular weight excluding hydrogens is 851 g/mol. The first-order valence-electron chi connectivity index (χ1n) is 27.7. The van der Waals surface area contributed by atoms with Gasteiger partial charge in [-0.25, -0.2) is 0 Å². The molecule has 0 saturated heterocycles. The molecule has 0 spiro atoms. The highest BCUT2D eigenvalue weighted by Gasteiger charge is 2.22. The molecule has 0 rings (SSSR count). The van der Waals surface area contributed by atoms with Crippen molar-refractivity contribution in [1.82, 2.24) is 4.90 Å². The summed E-state index contributed by atoms with van der Waals surface area (Å²) >= 11 is 0. The van der Waals surface area contributed by atoms with Crippen molar-refractivity contribution < 1.29 is 52.3 Å². The molecule has 396 valence electrons. The lowest BCUT2D eigenvalue weighted by Gasteiger charge is -2.24. The van der Waals surface area contributed by atoms with E-state index in [9.17, 15) is 19.2 Å². The summed E-state index contributed by atoms with van der Waals surface area (Å²) in [5.41, 5.74) is 0. The second-order valence-electron chi connectivity index (χ2n) is 18.9. The molecular formula is C55H105NO11. The van der Waals surface area contributed by atoms with Gasteiger partial charge in [0.05, 0.1) is 58.1 Å². The summed E-state index contributed by atoms with van der Waals surface area (Å²) in [4.78, 5) is 53.9. The van der Waals surface area contributed by atoms with Crippen LogP contribution < -0.4 is 0 Å². The van der Waals surface area contributed by atoms with Crippen LogP contribution >= 0.6 is 0 Å². The lowest BCUT2D eigenvalue weighted by Crippen LogP contribution is -2.38. The van der Waals surface area contributed by atoms with Gasteiger partial charge in [0.15, 0.2) is 0 Å². The first-order chi connectivity index (χ1) is 32.7. The highest BCUT2D eigenvalue weighted by atomic mass is 16.6. The van der Waals surface area contributed by atoms with Crippen LogP contribution in [0.4, 0.5) is 0 Å². The Bertz CT molecular complexity index is 1120. The Labute approximate surface area is 411 Å². The predicted octanol–water partition coefficient (Wildman–Crippen LogP) is 12.9. The summed E-state index contributed by atoms with van der Waals surface area (Å²) in [5, 5.41) is 0. The Balaban J connectivity index is 4.89. The fourth-order valence-corrected chi connectivity index (χ4v) is 8.17. The highest BCUT2D eigenvalue weighted by molar-refractivity contribution is 5.73. The first kappa shape index (κ1) is 64.7. The number of hydrogen-bond acceptors (Lipinski definition) is 12. The summed E-state index contributed by atoms with van der Waals surface area (Å²) in [6.07, 6.45) is 31.4. The van der Waals surface area contributed by atoms with E-state index >= 15 is 0 Å². The molecule has 0 fully saturated rings. The van der Waals surface area contributed by atoms with Gasteiger partial charge >= 0.3 is 23.9 Å². The van der Waals surface area contributed by atoms with Crippen LogP contribution in [0.25, 0.3) is 0 Å². The van der Waals surface area contributed by atoms with Crippen LogP contribution in [0.15, 0.2) is 0 Å². The normalized spacial score (nSPS) is 12.8. The van der Waals surface area contributed by atoms with E-state index in [0.29, 0.717) is 85.0 Å². The van der Waals surface area contributed by atoms with Crippen molar-refractivity contribution in [1.29, 1.82) is 0 Å². The first-order valence-corrected chi connectivity index (χ1v) is 27.7. The number of hydrogen-bond donors (Lipinski definition) is 0. The minimum absolute atomic E-state index is 0.0174. The number of rotatable bonds is 52. The summed E-state index contributed by atoms with van der Waals surface area (Å²) < 4.78 is 39.2. The molecule has 3 unspecified atom stereocenters. The molecule has 0 aliphatic rings. The van der Waals surface area contributed by atoms with Crippen LogP contribution in [0.1, 0.15) is 233 Å². The molecule has 67 heavy (non-hydrogen) atoms. The van der Waals surface area contributed by atoms with Crippen molar-refractivity contribution in [2.75, 3.05) is 80.1 Å². The van der Waals surface area contributed by atoms with E-state index in [1.165, 1.54) is 89.9 Å². The molecule has 3 atom stereocenters. The molecule has 0 amide bonds. The van der Waals surface area contributed by atoms with Crippen molar-refractivity contribution in [3.05, 3.63) is 0 Å². The van der Waals surface area contributed by atoms with Crippen molar-refractivity contribution in [2.45, 2.75) is 239 Å². The number of carbonyl (C=O) groups excluding carboxylic acids is 4. The lowest BCUT2D eigenvalue weighted by molar-refractivity contribution is -0.160. The third-order valence-electron chi connectivity index (χ3n) is 12.5. The second-order valence-corrected chi connectivity index (χ2v) is 18.9. The lowest BCUT2D eigenvalue weighted by atomic mass is 9.94. The van der Waals surface area contributed by atoms with E-state index in [4.69, 9.17) is 33.2 Å². The van der Waals surface area contributed by atoms with Crippen LogP contribution in [0.2, 0.25) is 0 Å². The van der Waals surface area contributed by atoms with Crippen molar-refractivity contribution >= 4 is 23.9 Å². The van der Waals surface area contributed by atoms with Gasteiger partial charge in [0, 0.05) is 33.0 Å². The molecule has 0 aromatic rings. The molecule has 0 bridgehead atoms. The largest absolute Gasteiger partial charge is 0.465 e. The topological polar surface area (TPSA) is 136 Å². The minimum atomic E-state index is -0.633.